The van der Waals surface area contributed by atoms with Gasteiger partial charge in [-0.1, -0.05) is 45.7 Å². The average Bonchev–Trinajstić information content (AvgIpc) is 2.43. The van der Waals surface area contributed by atoms with E-state index in [1.54, 1.807) is 0 Å². The van der Waals surface area contributed by atoms with Crippen LogP contribution in [0.2, 0.25) is 0 Å². The third kappa shape index (κ3) is 4.00. The maximum absolute atomic E-state index is 5.79. The quantitative estimate of drug-likeness (QED) is 0.766. The van der Waals surface area contributed by atoms with Crippen LogP contribution in [-0.4, -0.2) is 20.2 Å². The van der Waals surface area contributed by atoms with Crippen molar-refractivity contribution in [2.75, 3.05) is 20.2 Å². The number of nitrogens with one attached hydrogen (secondary N) is 1. The Bertz CT molecular complexity index is 418. The SMILES string of the molecule is CCCC1CC(CNC)(c2ccc(OCC(C)C)cc2)C1. The Morgan fingerprint density at radius 2 is 1.90 bits per heavy atom. The molecule has 0 spiro atoms. The second kappa shape index (κ2) is 7.31. The molecule has 1 aliphatic rings. The third-order valence-corrected chi connectivity index (χ3v) is 4.62. The van der Waals surface area contributed by atoms with Gasteiger partial charge in [-0.3, -0.25) is 0 Å². The van der Waals surface area contributed by atoms with Crippen molar-refractivity contribution >= 4 is 0 Å². The van der Waals surface area contributed by atoms with E-state index in [1.165, 1.54) is 31.2 Å². The lowest BCUT2D eigenvalue weighted by Crippen LogP contribution is -2.47. The molecule has 1 saturated carbocycles. The molecule has 2 rings (SSSR count). The molecule has 0 unspecified atom stereocenters. The zero-order chi connectivity index (χ0) is 15.3. The molecule has 0 aromatic heterocycles. The highest BCUT2D eigenvalue weighted by molar-refractivity contribution is 5.35. The summed E-state index contributed by atoms with van der Waals surface area (Å²) >= 11 is 0. The van der Waals surface area contributed by atoms with Gasteiger partial charge in [0.15, 0.2) is 0 Å². The Balaban J connectivity index is 2.01. The summed E-state index contributed by atoms with van der Waals surface area (Å²) in [5, 5.41) is 3.40. The second-order valence-corrected chi connectivity index (χ2v) is 7.10. The molecule has 1 N–H and O–H groups in total. The summed E-state index contributed by atoms with van der Waals surface area (Å²) in [6, 6.07) is 8.83. The van der Waals surface area contributed by atoms with E-state index in [2.05, 4.69) is 57.4 Å². The molecule has 2 heteroatoms. The molecule has 1 aromatic carbocycles. The summed E-state index contributed by atoms with van der Waals surface area (Å²) in [7, 11) is 2.06. The van der Waals surface area contributed by atoms with Gasteiger partial charge in [-0.15, -0.1) is 0 Å². The third-order valence-electron chi connectivity index (χ3n) is 4.62. The van der Waals surface area contributed by atoms with Crippen LogP contribution in [0, 0.1) is 11.8 Å². The molecule has 1 fully saturated rings. The number of likely N-dealkylation sites (N-methyl/N-ethyl adjacent to an activating group) is 1. The molecule has 0 bridgehead atoms. The maximum Gasteiger partial charge on any atom is 0.119 e. The molecule has 1 aliphatic carbocycles. The number of benzene rings is 1. The molecule has 2 nitrogen and oxygen atoms in total. The molecule has 0 radical (unpaired) electrons. The number of rotatable bonds is 8. The topological polar surface area (TPSA) is 21.3 Å². The Labute approximate surface area is 130 Å². The summed E-state index contributed by atoms with van der Waals surface area (Å²) in [6.07, 6.45) is 5.34. The fourth-order valence-corrected chi connectivity index (χ4v) is 3.65. The zero-order valence-electron chi connectivity index (χ0n) is 14.1. The normalized spacial score (nSPS) is 24.9. The molecule has 0 atom stereocenters. The molecule has 21 heavy (non-hydrogen) atoms. The fourth-order valence-electron chi connectivity index (χ4n) is 3.65. The minimum Gasteiger partial charge on any atom is -0.493 e. The predicted octanol–water partition coefficient (Wildman–Crippen LogP) is 4.39. The highest BCUT2D eigenvalue weighted by Crippen LogP contribution is 2.49. The molecule has 0 saturated heterocycles. The van der Waals surface area contributed by atoms with Crippen LogP contribution in [0.25, 0.3) is 0 Å². The van der Waals surface area contributed by atoms with Crippen molar-refractivity contribution in [2.24, 2.45) is 11.8 Å². The van der Waals surface area contributed by atoms with Crippen LogP contribution >= 0.6 is 0 Å². The minimum absolute atomic E-state index is 0.352. The maximum atomic E-state index is 5.79. The van der Waals surface area contributed by atoms with Crippen LogP contribution in [0.15, 0.2) is 24.3 Å². The standard InChI is InChI=1S/C19H31NO/c1-5-6-16-11-19(12-16,14-20-4)17-7-9-18(10-8-17)21-13-15(2)3/h7-10,15-16,20H,5-6,11-14H2,1-4H3. The first-order valence-electron chi connectivity index (χ1n) is 8.47. The highest BCUT2D eigenvalue weighted by atomic mass is 16.5. The van der Waals surface area contributed by atoms with Crippen LogP contribution in [0.1, 0.15) is 52.0 Å². The molecule has 0 heterocycles. The Morgan fingerprint density at radius 3 is 2.43 bits per heavy atom. The summed E-state index contributed by atoms with van der Waals surface area (Å²) in [5.74, 6) is 2.48. The Kier molecular flexibility index (Phi) is 5.69. The van der Waals surface area contributed by atoms with Crippen molar-refractivity contribution in [3.8, 4) is 5.75 Å². The second-order valence-electron chi connectivity index (χ2n) is 7.10. The number of hydrogen-bond acceptors (Lipinski definition) is 2. The first-order valence-corrected chi connectivity index (χ1v) is 8.47. The van der Waals surface area contributed by atoms with E-state index in [4.69, 9.17) is 4.74 Å². The van der Waals surface area contributed by atoms with Gasteiger partial charge >= 0.3 is 0 Å². The van der Waals surface area contributed by atoms with Crippen molar-refractivity contribution in [3.05, 3.63) is 29.8 Å². The van der Waals surface area contributed by atoms with E-state index in [-0.39, 0.29) is 0 Å². The number of ether oxygens (including phenoxy) is 1. The molecular weight excluding hydrogens is 258 g/mol. The van der Waals surface area contributed by atoms with Gasteiger partial charge in [0, 0.05) is 12.0 Å². The van der Waals surface area contributed by atoms with E-state index in [0.717, 1.165) is 24.8 Å². The van der Waals surface area contributed by atoms with E-state index >= 15 is 0 Å². The monoisotopic (exact) mass is 289 g/mol. The van der Waals surface area contributed by atoms with Gasteiger partial charge in [0.2, 0.25) is 0 Å². The van der Waals surface area contributed by atoms with Gasteiger partial charge in [0.25, 0.3) is 0 Å². The van der Waals surface area contributed by atoms with Crippen molar-refractivity contribution in [1.82, 2.24) is 5.32 Å². The van der Waals surface area contributed by atoms with Gasteiger partial charge in [-0.05, 0) is 49.4 Å². The smallest absolute Gasteiger partial charge is 0.119 e. The van der Waals surface area contributed by atoms with Crippen LogP contribution in [0.3, 0.4) is 0 Å². The first-order chi connectivity index (χ1) is 10.1. The lowest BCUT2D eigenvalue weighted by atomic mass is 9.57. The predicted molar refractivity (Wildman–Crippen MR) is 90.0 cm³/mol. The van der Waals surface area contributed by atoms with Gasteiger partial charge in [0.1, 0.15) is 5.75 Å². The molecule has 1 aromatic rings. The average molecular weight is 289 g/mol. The van der Waals surface area contributed by atoms with Gasteiger partial charge in [-0.25, -0.2) is 0 Å². The van der Waals surface area contributed by atoms with Crippen molar-refractivity contribution in [3.63, 3.8) is 0 Å². The van der Waals surface area contributed by atoms with Crippen LogP contribution in [-0.2, 0) is 5.41 Å². The largest absolute Gasteiger partial charge is 0.493 e. The first kappa shape index (κ1) is 16.4. The highest BCUT2D eigenvalue weighted by Gasteiger charge is 2.44. The van der Waals surface area contributed by atoms with E-state index in [1.807, 2.05) is 0 Å². The van der Waals surface area contributed by atoms with E-state index in [9.17, 15) is 0 Å². The van der Waals surface area contributed by atoms with Gasteiger partial charge in [0.05, 0.1) is 6.61 Å². The summed E-state index contributed by atoms with van der Waals surface area (Å²) in [5.41, 5.74) is 1.83. The van der Waals surface area contributed by atoms with Crippen molar-refractivity contribution < 1.29 is 4.74 Å². The lowest BCUT2D eigenvalue weighted by molar-refractivity contribution is 0.131. The lowest BCUT2D eigenvalue weighted by Gasteiger charge is -2.48. The van der Waals surface area contributed by atoms with Crippen LogP contribution in [0.5, 0.6) is 5.75 Å². The molecule has 118 valence electrons. The summed E-state index contributed by atoms with van der Waals surface area (Å²) in [6.45, 7) is 8.52. The van der Waals surface area contributed by atoms with Crippen molar-refractivity contribution in [1.29, 1.82) is 0 Å². The molecule has 0 aliphatic heterocycles. The van der Waals surface area contributed by atoms with E-state index < -0.39 is 0 Å². The Morgan fingerprint density at radius 1 is 1.24 bits per heavy atom. The summed E-state index contributed by atoms with van der Waals surface area (Å²) < 4.78 is 5.79. The molecule has 0 amide bonds. The number of hydrogen-bond donors (Lipinski definition) is 1. The van der Waals surface area contributed by atoms with Crippen LogP contribution < -0.4 is 10.1 Å². The zero-order valence-corrected chi connectivity index (χ0v) is 14.1. The van der Waals surface area contributed by atoms with Crippen LogP contribution in [0.4, 0.5) is 0 Å². The fraction of sp³-hybridized carbons (Fsp3) is 0.684. The van der Waals surface area contributed by atoms with Crippen molar-refractivity contribution in [2.45, 2.75) is 51.9 Å². The summed E-state index contributed by atoms with van der Waals surface area (Å²) in [4.78, 5) is 0. The van der Waals surface area contributed by atoms with Gasteiger partial charge < -0.3 is 10.1 Å². The van der Waals surface area contributed by atoms with E-state index in [0.29, 0.717) is 11.3 Å². The molecular formula is C19H31NO. The Hall–Kier alpha value is -1.02. The van der Waals surface area contributed by atoms with Gasteiger partial charge in [-0.2, -0.15) is 0 Å². The minimum atomic E-state index is 0.352.